The van der Waals surface area contributed by atoms with E-state index in [0.717, 1.165) is 13.1 Å². The molecule has 2 rings (SSSR count). The fourth-order valence-corrected chi connectivity index (χ4v) is 2.73. The Bertz CT molecular complexity index is 323. The fourth-order valence-electron chi connectivity index (χ4n) is 2.73. The molecule has 16 heavy (non-hydrogen) atoms. The van der Waals surface area contributed by atoms with Crippen LogP contribution in [0.5, 0.6) is 0 Å². The van der Waals surface area contributed by atoms with Gasteiger partial charge in [-0.2, -0.15) is 0 Å². The van der Waals surface area contributed by atoms with Crippen molar-refractivity contribution in [3.8, 4) is 0 Å². The lowest BCUT2D eigenvalue weighted by molar-refractivity contribution is 0.329. The van der Waals surface area contributed by atoms with Crippen LogP contribution >= 0.6 is 0 Å². The van der Waals surface area contributed by atoms with Crippen LogP contribution in [0.2, 0.25) is 0 Å². The number of nitrogens with zero attached hydrogens (tertiary/aromatic N) is 1. The number of likely N-dealkylation sites (tertiary alicyclic amines) is 1. The molecule has 1 aliphatic rings. The first-order chi connectivity index (χ1) is 7.77. The molecule has 88 valence electrons. The van der Waals surface area contributed by atoms with Crippen LogP contribution in [0, 0.1) is 0 Å². The molecule has 1 unspecified atom stereocenters. The molecule has 0 radical (unpaired) electrons. The Labute approximate surface area is 98.4 Å². The zero-order valence-electron chi connectivity index (χ0n) is 10.2. The molecule has 1 aromatic carbocycles. The van der Waals surface area contributed by atoms with E-state index < -0.39 is 0 Å². The van der Waals surface area contributed by atoms with Crippen LogP contribution in [0.3, 0.4) is 0 Å². The van der Waals surface area contributed by atoms with Crippen molar-refractivity contribution in [3.05, 3.63) is 35.9 Å². The van der Waals surface area contributed by atoms with Gasteiger partial charge in [0, 0.05) is 12.0 Å². The largest absolute Gasteiger partial charge is 0.330 e. The molecule has 2 nitrogen and oxygen atoms in total. The Balaban J connectivity index is 2.25. The van der Waals surface area contributed by atoms with Crippen LogP contribution in [-0.2, 0) is 5.41 Å². The van der Waals surface area contributed by atoms with Gasteiger partial charge in [0.25, 0.3) is 0 Å². The molecule has 0 spiro atoms. The first-order valence-electron chi connectivity index (χ1n) is 6.21. The highest BCUT2D eigenvalue weighted by Crippen LogP contribution is 2.34. The predicted molar refractivity (Wildman–Crippen MR) is 68.5 cm³/mol. The normalized spacial score (nSPS) is 27.6. The van der Waals surface area contributed by atoms with E-state index in [1.165, 1.54) is 31.4 Å². The molecule has 1 fully saturated rings. The van der Waals surface area contributed by atoms with E-state index >= 15 is 0 Å². The molecular weight excluding hydrogens is 196 g/mol. The Morgan fingerprint density at radius 1 is 1.19 bits per heavy atom. The minimum absolute atomic E-state index is 0.214. The smallest absolute Gasteiger partial charge is 0.00881 e. The van der Waals surface area contributed by atoms with Gasteiger partial charge in [0.1, 0.15) is 0 Å². The minimum Gasteiger partial charge on any atom is -0.330 e. The van der Waals surface area contributed by atoms with E-state index in [4.69, 9.17) is 5.73 Å². The highest BCUT2D eigenvalue weighted by molar-refractivity contribution is 5.26. The lowest BCUT2D eigenvalue weighted by atomic mass is 9.74. The third kappa shape index (κ3) is 2.28. The third-order valence-corrected chi connectivity index (χ3v) is 3.94. The SMILES string of the molecule is CN1CCCC(CN)(c2ccccc2)CC1. The van der Waals surface area contributed by atoms with Gasteiger partial charge in [0.2, 0.25) is 0 Å². The summed E-state index contributed by atoms with van der Waals surface area (Å²) in [5.41, 5.74) is 7.70. The maximum absolute atomic E-state index is 6.07. The predicted octanol–water partition coefficient (Wildman–Crippen LogP) is 2.00. The van der Waals surface area contributed by atoms with Crippen molar-refractivity contribution < 1.29 is 0 Å². The quantitative estimate of drug-likeness (QED) is 0.822. The molecule has 0 bridgehead atoms. The second-order valence-electron chi connectivity index (χ2n) is 5.01. The third-order valence-electron chi connectivity index (χ3n) is 3.94. The van der Waals surface area contributed by atoms with Gasteiger partial charge in [0.05, 0.1) is 0 Å². The van der Waals surface area contributed by atoms with E-state index in [-0.39, 0.29) is 5.41 Å². The number of hydrogen-bond donors (Lipinski definition) is 1. The zero-order chi connectivity index (χ0) is 11.4. The maximum atomic E-state index is 6.07. The highest BCUT2D eigenvalue weighted by Gasteiger charge is 2.32. The lowest BCUT2D eigenvalue weighted by Crippen LogP contribution is -2.36. The van der Waals surface area contributed by atoms with Crippen molar-refractivity contribution in [2.45, 2.75) is 24.7 Å². The van der Waals surface area contributed by atoms with Crippen LogP contribution in [0.15, 0.2) is 30.3 Å². The molecule has 1 saturated heterocycles. The average molecular weight is 218 g/mol. The second-order valence-corrected chi connectivity index (χ2v) is 5.01. The molecule has 0 aliphatic carbocycles. The zero-order valence-corrected chi connectivity index (χ0v) is 10.2. The van der Waals surface area contributed by atoms with Crippen molar-refractivity contribution in [2.75, 3.05) is 26.7 Å². The summed E-state index contributed by atoms with van der Waals surface area (Å²) in [6.45, 7) is 3.13. The Morgan fingerprint density at radius 3 is 2.62 bits per heavy atom. The molecule has 2 heteroatoms. The number of nitrogens with two attached hydrogens (primary N) is 1. The highest BCUT2D eigenvalue weighted by atomic mass is 15.1. The van der Waals surface area contributed by atoms with E-state index in [1.807, 2.05) is 0 Å². The average Bonchev–Trinajstić information content (AvgIpc) is 2.53. The molecular formula is C14H22N2. The molecule has 1 aromatic rings. The Hall–Kier alpha value is -0.860. The lowest BCUT2D eigenvalue weighted by Gasteiger charge is -2.32. The van der Waals surface area contributed by atoms with Gasteiger partial charge >= 0.3 is 0 Å². The number of benzene rings is 1. The molecule has 1 aliphatic heterocycles. The molecule has 0 amide bonds. The topological polar surface area (TPSA) is 29.3 Å². The first-order valence-corrected chi connectivity index (χ1v) is 6.21. The standard InChI is InChI=1S/C14H22N2/c1-16-10-5-8-14(12-15,9-11-16)13-6-3-2-4-7-13/h2-4,6-7H,5,8-12,15H2,1H3. The summed E-state index contributed by atoms with van der Waals surface area (Å²) in [6, 6.07) is 10.8. The van der Waals surface area contributed by atoms with Gasteiger partial charge in [0.15, 0.2) is 0 Å². The summed E-state index contributed by atoms with van der Waals surface area (Å²) >= 11 is 0. The molecule has 0 aromatic heterocycles. The summed E-state index contributed by atoms with van der Waals surface area (Å²) in [5, 5.41) is 0. The summed E-state index contributed by atoms with van der Waals surface area (Å²) in [4.78, 5) is 2.42. The van der Waals surface area contributed by atoms with Crippen molar-refractivity contribution in [1.29, 1.82) is 0 Å². The second kappa shape index (κ2) is 4.98. The van der Waals surface area contributed by atoms with Crippen LogP contribution in [0.25, 0.3) is 0 Å². The van der Waals surface area contributed by atoms with Crippen molar-refractivity contribution in [3.63, 3.8) is 0 Å². The summed E-state index contributed by atoms with van der Waals surface area (Å²) < 4.78 is 0. The fraction of sp³-hybridized carbons (Fsp3) is 0.571. The maximum Gasteiger partial charge on any atom is 0.00881 e. The van der Waals surface area contributed by atoms with E-state index in [9.17, 15) is 0 Å². The van der Waals surface area contributed by atoms with Gasteiger partial charge in [-0.25, -0.2) is 0 Å². The van der Waals surface area contributed by atoms with Crippen LogP contribution in [0.4, 0.5) is 0 Å². The van der Waals surface area contributed by atoms with Gasteiger partial charge < -0.3 is 10.6 Å². The molecule has 1 atom stereocenters. The molecule has 0 saturated carbocycles. The van der Waals surface area contributed by atoms with Gasteiger partial charge in [-0.05, 0) is 45.0 Å². The van der Waals surface area contributed by atoms with E-state index in [0.29, 0.717) is 0 Å². The Morgan fingerprint density at radius 2 is 1.94 bits per heavy atom. The van der Waals surface area contributed by atoms with E-state index in [1.54, 1.807) is 0 Å². The van der Waals surface area contributed by atoms with Crippen LogP contribution in [-0.4, -0.2) is 31.6 Å². The van der Waals surface area contributed by atoms with Gasteiger partial charge in [-0.3, -0.25) is 0 Å². The van der Waals surface area contributed by atoms with Crippen LogP contribution < -0.4 is 5.73 Å². The van der Waals surface area contributed by atoms with Gasteiger partial charge in [-0.15, -0.1) is 0 Å². The van der Waals surface area contributed by atoms with Crippen molar-refractivity contribution in [2.24, 2.45) is 5.73 Å². The Kier molecular flexibility index (Phi) is 3.62. The molecule has 2 N–H and O–H groups in total. The van der Waals surface area contributed by atoms with E-state index in [2.05, 4.69) is 42.3 Å². The number of hydrogen-bond acceptors (Lipinski definition) is 2. The van der Waals surface area contributed by atoms with Crippen molar-refractivity contribution in [1.82, 2.24) is 4.90 Å². The van der Waals surface area contributed by atoms with Crippen molar-refractivity contribution >= 4 is 0 Å². The summed E-state index contributed by atoms with van der Waals surface area (Å²) in [5.74, 6) is 0. The van der Waals surface area contributed by atoms with Gasteiger partial charge in [-0.1, -0.05) is 30.3 Å². The monoisotopic (exact) mass is 218 g/mol. The summed E-state index contributed by atoms with van der Waals surface area (Å²) in [7, 11) is 2.21. The van der Waals surface area contributed by atoms with Crippen LogP contribution in [0.1, 0.15) is 24.8 Å². The minimum atomic E-state index is 0.214. The first kappa shape index (κ1) is 11.6. The summed E-state index contributed by atoms with van der Waals surface area (Å²) in [6.07, 6.45) is 3.66. The number of rotatable bonds is 2. The molecule has 1 heterocycles.